The Morgan fingerprint density at radius 1 is 0.647 bits per heavy atom. The van der Waals surface area contributed by atoms with Crippen molar-refractivity contribution in [1.82, 2.24) is 0 Å². The monoisotopic (exact) mass is 232 g/mol. The van der Waals surface area contributed by atoms with E-state index in [2.05, 4.69) is 6.92 Å². The van der Waals surface area contributed by atoms with E-state index in [1.54, 1.807) is 57.8 Å². The van der Waals surface area contributed by atoms with Gasteiger partial charge in [-0.2, -0.15) is 0 Å². The Morgan fingerprint density at radius 3 is 2.00 bits per heavy atom. The maximum Gasteiger partial charge on any atom is -0.0355 e. The zero-order chi connectivity index (χ0) is 11.4. The zero-order valence-corrected chi connectivity index (χ0v) is 11.4. The average molecular weight is 232 g/mol. The van der Waals surface area contributed by atoms with E-state index >= 15 is 0 Å². The maximum atomic E-state index is 2.63. The molecule has 0 aromatic carbocycles. The molecule has 4 aliphatic carbocycles. The van der Waals surface area contributed by atoms with Crippen LogP contribution in [0.3, 0.4) is 0 Å². The van der Waals surface area contributed by atoms with E-state index in [-0.39, 0.29) is 0 Å². The first-order valence-corrected chi connectivity index (χ1v) is 8.31. The van der Waals surface area contributed by atoms with Gasteiger partial charge in [0.1, 0.15) is 0 Å². The van der Waals surface area contributed by atoms with E-state index in [9.17, 15) is 0 Å². The van der Waals surface area contributed by atoms with Crippen molar-refractivity contribution in [2.45, 2.75) is 64.7 Å². The summed E-state index contributed by atoms with van der Waals surface area (Å²) in [5.41, 5.74) is 0. The standard InChI is InChI=1S/C17H28/c1-11(17-10-13-3-6-15(17)9-13)16-7-4-12-2-5-14(16)8-12/h11-17H,2-10H2,1H3. The molecule has 0 N–H and O–H groups in total. The molecule has 0 saturated heterocycles. The van der Waals surface area contributed by atoms with Crippen molar-refractivity contribution >= 4 is 0 Å². The fraction of sp³-hybridized carbons (Fsp3) is 1.00. The van der Waals surface area contributed by atoms with Crippen LogP contribution in [0.1, 0.15) is 64.7 Å². The molecule has 0 aromatic rings. The van der Waals surface area contributed by atoms with Gasteiger partial charge in [-0.25, -0.2) is 0 Å². The fourth-order valence-corrected chi connectivity index (χ4v) is 6.38. The number of rotatable bonds is 2. The first-order valence-electron chi connectivity index (χ1n) is 8.31. The smallest absolute Gasteiger partial charge is 0.0355 e. The largest absolute Gasteiger partial charge is 0.0620 e. The molecule has 0 aromatic heterocycles. The van der Waals surface area contributed by atoms with Crippen molar-refractivity contribution in [2.75, 3.05) is 0 Å². The number of hydrogen-bond acceptors (Lipinski definition) is 0. The Morgan fingerprint density at radius 2 is 1.29 bits per heavy atom. The van der Waals surface area contributed by atoms with Crippen LogP contribution in [0, 0.1) is 41.4 Å². The molecular weight excluding hydrogens is 204 g/mol. The second kappa shape index (κ2) is 4.00. The Kier molecular flexibility index (Phi) is 2.56. The molecule has 0 nitrogen and oxygen atoms in total. The van der Waals surface area contributed by atoms with Crippen LogP contribution >= 0.6 is 0 Å². The average Bonchev–Trinajstić information content (AvgIpc) is 3.04. The molecule has 4 bridgehead atoms. The molecule has 7 unspecified atom stereocenters. The van der Waals surface area contributed by atoms with Gasteiger partial charge in [-0.15, -0.1) is 0 Å². The third kappa shape index (κ3) is 1.70. The molecule has 0 spiro atoms. The molecule has 4 aliphatic rings. The number of hydrogen-bond donors (Lipinski definition) is 0. The van der Waals surface area contributed by atoms with E-state index in [0.717, 1.165) is 41.4 Å². The van der Waals surface area contributed by atoms with Crippen molar-refractivity contribution < 1.29 is 0 Å². The van der Waals surface area contributed by atoms with Gasteiger partial charge in [-0.1, -0.05) is 26.2 Å². The molecule has 17 heavy (non-hydrogen) atoms. The summed E-state index contributed by atoms with van der Waals surface area (Å²) in [5, 5.41) is 0. The summed E-state index contributed by atoms with van der Waals surface area (Å²) < 4.78 is 0. The van der Waals surface area contributed by atoms with Gasteiger partial charge in [0.15, 0.2) is 0 Å². The molecule has 0 heterocycles. The molecular formula is C17H28. The minimum absolute atomic E-state index is 1.06. The molecule has 4 fully saturated rings. The zero-order valence-electron chi connectivity index (χ0n) is 11.4. The second-order valence-corrected chi connectivity index (χ2v) is 7.88. The Balaban J connectivity index is 1.47. The summed E-state index contributed by atoms with van der Waals surface area (Å²) in [6.07, 6.45) is 14.3. The summed E-state index contributed by atoms with van der Waals surface area (Å²) in [5.74, 6) is 7.90. The Bertz CT molecular complexity index is 294. The highest BCUT2D eigenvalue weighted by atomic mass is 14.5. The van der Waals surface area contributed by atoms with Gasteiger partial charge in [0.2, 0.25) is 0 Å². The summed E-state index contributed by atoms with van der Waals surface area (Å²) in [6.45, 7) is 2.63. The van der Waals surface area contributed by atoms with E-state index in [1.165, 1.54) is 0 Å². The van der Waals surface area contributed by atoms with Crippen LogP contribution in [0.2, 0.25) is 0 Å². The van der Waals surface area contributed by atoms with Gasteiger partial charge < -0.3 is 0 Å². The van der Waals surface area contributed by atoms with E-state index in [1.807, 2.05) is 0 Å². The van der Waals surface area contributed by atoms with Crippen LogP contribution in [-0.4, -0.2) is 0 Å². The van der Waals surface area contributed by atoms with Gasteiger partial charge in [-0.3, -0.25) is 0 Å². The molecule has 7 atom stereocenters. The van der Waals surface area contributed by atoms with Crippen molar-refractivity contribution in [3.8, 4) is 0 Å². The molecule has 0 radical (unpaired) electrons. The molecule has 4 saturated carbocycles. The summed E-state index contributed by atoms with van der Waals surface area (Å²) >= 11 is 0. The second-order valence-electron chi connectivity index (χ2n) is 7.88. The molecule has 0 amide bonds. The first-order chi connectivity index (χ1) is 8.31. The summed E-state index contributed by atoms with van der Waals surface area (Å²) in [6, 6.07) is 0. The predicted octanol–water partition coefficient (Wildman–Crippen LogP) is 4.89. The van der Waals surface area contributed by atoms with Gasteiger partial charge >= 0.3 is 0 Å². The highest BCUT2D eigenvalue weighted by molar-refractivity contribution is 4.96. The van der Waals surface area contributed by atoms with Crippen LogP contribution in [-0.2, 0) is 0 Å². The minimum Gasteiger partial charge on any atom is -0.0620 e. The molecule has 0 heteroatoms. The van der Waals surface area contributed by atoms with Crippen molar-refractivity contribution in [3.05, 3.63) is 0 Å². The van der Waals surface area contributed by atoms with Gasteiger partial charge in [0.05, 0.1) is 0 Å². The molecule has 96 valence electrons. The predicted molar refractivity (Wildman–Crippen MR) is 71.7 cm³/mol. The van der Waals surface area contributed by atoms with Crippen molar-refractivity contribution in [2.24, 2.45) is 41.4 Å². The minimum atomic E-state index is 1.06. The van der Waals surface area contributed by atoms with Crippen LogP contribution in [0.4, 0.5) is 0 Å². The van der Waals surface area contributed by atoms with Gasteiger partial charge in [0.25, 0.3) is 0 Å². The molecule has 4 rings (SSSR count). The number of fused-ring (bicyclic) bond motifs is 4. The van der Waals surface area contributed by atoms with Crippen LogP contribution in [0.25, 0.3) is 0 Å². The van der Waals surface area contributed by atoms with Crippen LogP contribution in [0.5, 0.6) is 0 Å². The van der Waals surface area contributed by atoms with Gasteiger partial charge in [0, 0.05) is 0 Å². The topological polar surface area (TPSA) is 0 Å². The fourth-order valence-electron chi connectivity index (χ4n) is 6.38. The quantitative estimate of drug-likeness (QED) is 0.636. The SMILES string of the molecule is CC(C1CCC2CCC1C2)C1CC2CCC1C2. The van der Waals surface area contributed by atoms with Crippen molar-refractivity contribution in [3.63, 3.8) is 0 Å². The van der Waals surface area contributed by atoms with Crippen LogP contribution < -0.4 is 0 Å². The lowest BCUT2D eigenvalue weighted by molar-refractivity contribution is 0.104. The highest BCUT2D eigenvalue weighted by Gasteiger charge is 2.46. The van der Waals surface area contributed by atoms with Crippen LogP contribution in [0.15, 0.2) is 0 Å². The third-order valence-corrected chi connectivity index (χ3v) is 7.24. The maximum absolute atomic E-state index is 2.63. The lowest BCUT2D eigenvalue weighted by Gasteiger charge is -2.39. The summed E-state index contributed by atoms with van der Waals surface area (Å²) in [4.78, 5) is 0. The Hall–Kier alpha value is 0. The lowest BCUT2D eigenvalue weighted by Crippen LogP contribution is -2.31. The lowest BCUT2D eigenvalue weighted by atomic mass is 9.66. The molecule has 0 aliphatic heterocycles. The van der Waals surface area contributed by atoms with E-state index < -0.39 is 0 Å². The normalized spacial score (nSPS) is 54.2. The first kappa shape index (κ1) is 10.9. The highest BCUT2D eigenvalue weighted by Crippen LogP contribution is 2.56. The Labute approximate surface area is 107 Å². The van der Waals surface area contributed by atoms with E-state index in [4.69, 9.17) is 0 Å². The summed E-state index contributed by atoms with van der Waals surface area (Å²) in [7, 11) is 0. The van der Waals surface area contributed by atoms with Gasteiger partial charge in [-0.05, 0) is 80.0 Å². The van der Waals surface area contributed by atoms with Crippen molar-refractivity contribution in [1.29, 1.82) is 0 Å². The van der Waals surface area contributed by atoms with E-state index in [0.29, 0.717) is 0 Å². The third-order valence-electron chi connectivity index (χ3n) is 7.24.